The van der Waals surface area contributed by atoms with Crippen molar-refractivity contribution in [3.63, 3.8) is 0 Å². The van der Waals surface area contributed by atoms with Crippen LogP contribution in [0.25, 0.3) is 22.3 Å². The van der Waals surface area contributed by atoms with Crippen LogP contribution in [0.15, 0.2) is 41.3 Å². The van der Waals surface area contributed by atoms with Crippen LogP contribution in [0.3, 0.4) is 0 Å². The summed E-state index contributed by atoms with van der Waals surface area (Å²) in [5.74, 6) is 0. The Morgan fingerprint density at radius 1 is 1.28 bits per heavy atom. The van der Waals surface area contributed by atoms with Gasteiger partial charge in [-0.2, -0.15) is 13.2 Å². The molecule has 3 aromatic rings. The molecule has 25 heavy (non-hydrogen) atoms. The molecule has 1 atom stereocenters. The van der Waals surface area contributed by atoms with Gasteiger partial charge in [-0.1, -0.05) is 12.1 Å². The first kappa shape index (κ1) is 15.9. The maximum atomic E-state index is 12.9. The van der Waals surface area contributed by atoms with E-state index in [0.717, 1.165) is 18.6 Å². The van der Waals surface area contributed by atoms with Crippen LogP contribution in [0.5, 0.6) is 0 Å². The zero-order valence-corrected chi connectivity index (χ0v) is 13.0. The van der Waals surface area contributed by atoms with Gasteiger partial charge in [0.1, 0.15) is 0 Å². The number of imidazole rings is 1. The lowest BCUT2D eigenvalue weighted by Crippen LogP contribution is -2.34. The second-order valence-electron chi connectivity index (χ2n) is 5.99. The number of rotatable bonds is 3. The fraction of sp³-hybridized carbons (Fsp3) is 0.294. The summed E-state index contributed by atoms with van der Waals surface area (Å²) in [5, 5.41) is 0. The second-order valence-corrected chi connectivity index (χ2v) is 5.99. The summed E-state index contributed by atoms with van der Waals surface area (Å²) in [6.07, 6.45) is -2.10. The molecule has 1 aliphatic heterocycles. The molecular weight excluding hydrogens is 335 g/mol. The first-order valence-electron chi connectivity index (χ1n) is 7.79. The molecule has 0 aliphatic carbocycles. The fourth-order valence-electron chi connectivity index (χ4n) is 2.88. The van der Waals surface area contributed by atoms with Crippen molar-refractivity contribution >= 4 is 11.2 Å². The lowest BCUT2D eigenvalue weighted by atomic mass is 10.0. The predicted molar refractivity (Wildman–Crippen MR) is 85.1 cm³/mol. The number of hydrogen-bond acceptors (Lipinski definition) is 3. The second kappa shape index (κ2) is 5.73. The summed E-state index contributed by atoms with van der Waals surface area (Å²) >= 11 is 0. The molecule has 4 rings (SSSR count). The molecule has 1 aromatic carbocycles. The summed E-state index contributed by atoms with van der Waals surface area (Å²) < 4.78 is 45.6. The maximum Gasteiger partial charge on any atom is 0.416 e. The average molecular weight is 349 g/mol. The van der Waals surface area contributed by atoms with Gasteiger partial charge in [-0.05, 0) is 30.2 Å². The zero-order chi connectivity index (χ0) is 17.6. The molecule has 0 saturated carbocycles. The summed E-state index contributed by atoms with van der Waals surface area (Å²) in [7, 11) is 0. The molecule has 1 N–H and O–H groups in total. The summed E-state index contributed by atoms with van der Waals surface area (Å²) in [6.45, 7) is 1.07. The van der Waals surface area contributed by atoms with Gasteiger partial charge in [0, 0.05) is 18.4 Å². The molecule has 0 spiro atoms. The van der Waals surface area contributed by atoms with E-state index in [2.05, 4.69) is 9.97 Å². The molecule has 8 heteroatoms. The minimum Gasteiger partial charge on any atom is -0.376 e. The molecule has 3 heterocycles. The molecule has 1 fully saturated rings. The number of nitrogens with zero attached hydrogens (tertiary/aromatic N) is 2. The lowest BCUT2D eigenvalue weighted by Gasteiger charge is -2.26. The number of aromatic nitrogens is 3. The smallest absolute Gasteiger partial charge is 0.376 e. The molecule has 2 aromatic heterocycles. The van der Waals surface area contributed by atoms with Crippen molar-refractivity contribution in [3.8, 4) is 11.1 Å². The highest BCUT2D eigenvalue weighted by molar-refractivity contribution is 5.78. The van der Waals surface area contributed by atoms with E-state index in [-0.39, 0.29) is 11.8 Å². The number of halogens is 3. The van der Waals surface area contributed by atoms with E-state index in [9.17, 15) is 18.0 Å². The van der Waals surface area contributed by atoms with Crippen molar-refractivity contribution in [1.29, 1.82) is 0 Å². The van der Waals surface area contributed by atoms with Crippen molar-refractivity contribution in [2.75, 3.05) is 6.61 Å². The number of alkyl halides is 3. The van der Waals surface area contributed by atoms with Gasteiger partial charge in [0.15, 0.2) is 5.65 Å². The number of pyridine rings is 1. The third kappa shape index (κ3) is 2.93. The number of H-pyrrole nitrogens is 1. The maximum absolute atomic E-state index is 12.9. The van der Waals surface area contributed by atoms with Crippen molar-refractivity contribution in [2.45, 2.75) is 25.2 Å². The minimum absolute atomic E-state index is 0.0195. The molecule has 0 bridgehead atoms. The van der Waals surface area contributed by atoms with Gasteiger partial charge in [0.05, 0.1) is 23.7 Å². The van der Waals surface area contributed by atoms with Crippen molar-refractivity contribution < 1.29 is 17.9 Å². The first-order valence-corrected chi connectivity index (χ1v) is 7.79. The topological polar surface area (TPSA) is 59.9 Å². The Morgan fingerprint density at radius 3 is 2.76 bits per heavy atom. The quantitative estimate of drug-likeness (QED) is 0.790. The minimum atomic E-state index is -4.41. The number of benzene rings is 1. The third-order valence-corrected chi connectivity index (χ3v) is 4.33. The Morgan fingerprint density at radius 2 is 2.08 bits per heavy atom. The van der Waals surface area contributed by atoms with E-state index in [1.807, 2.05) is 0 Å². The number of hydrogen-bond donors (Lipinski definition) is 1. The SMILES string of the molecule is O=c1[nH]c2ncc(-c3cccc(C(F)(F)F)c3)cc2n1CC1CCO1. The molecule has 130 valence electrons. The van der Waals surface area contributed by atoms with E-state index in [1.165, 1.54) is 16.8 Å². The summed E-state index contributed by atoms with van der Waals surface area (Å²) in [5.41, 5.74) is 0.833. The monoisotopic (exact) mass is 349 g/mol. The standard InChI is InChI=1S/C17H14F3N3O2/c18-17(19,20)12-3-1-2-10(6-12)11-7-14-15(21-8-11)22-16(24)23(14)9-13-4-5-25-13/h1-3,6-8,13H,4-5,9H2,(H,21,22,24). The van der Waals surface area contributed by atoms with Crippen molar-refractivity contribution in [3.05, 3.63) is 52.6 Å². The Kier molecular flexibility index (Phi) is 3.64. The molecule has 5 nitrogen and oxygen atoms in total. The number of ether oxygens (including phenoxy) is 1. The Labute approximate surface area is 140 Å². The Bertz CT molecular complexity index is 987. The van der Waals surface area contributed by atoms with Crippen molar-refractivity contribution in [1.82, 2.24) is 14.5 Å². The van der Waals surface area contributed by atoms with Crippen LogP contribution in [0.2, 0.25) is 0 Å². The highest BCUT2D eigenvalue weighted by atomic mass is 19.4. The van der Waals surface area contributed by atoms with Gasteiger partial charge in [0.2, 0.25) is 0 Å². The number of aromatic amines is 1. The van der Waals surface area contributed by atoms with E-state index in [4.69, 9.17) is 4.74 Å². The van der Waals surface area contributed by atoms with E-state index in [1.54, 1.807) is 12.1 Å². The Hall–Kier alpha value is -2.61. The predicted octanol–water partition coefficient (Wildman–Crippen LogP) is 3.20. The van der Waals surface area contributed by atoms with Gasteiger partial charge in [0.25, 0.3) is 0 Å². The largest absolute Gasteiger partial charge is 0.416 e. The molecule has 0 amide bonds. The zero-order valence-electron chi connectivity index (χ0n) is 13.0. The van der Waals surface area contributed by atoms with Crippen molar-refractivity contribution in [2.24, 2.45) is 0 Å². The highest BCUT2D eigenvalue weighted by Gasteiger charge is 2.30. The van der Waals surface area contributed by atoms with E-state index in [0.29, 0.717) is 35.4 Å². The normalized spacial score (nSPS) is 17.6. The van der Waals surface area contributed by atoms with Crippen LogP contribution in [0.1, 0.15) is 12.0 Å². The van der Waals surface area contributed by atoms with E-state index < -0.39 is 11.7 Å². The third-order valence-electron chi connectivity index (χ3n) is 4.33. The summed E-state index contributed by atoms with van der Waals surface area (Å²) in [6, 6.07) is 6.72. The van der Waals surface area contributed by atoms with Crippen LogP contribution in [-0.4, -0.2) is 27.2 Å². The fourth-order valence-corrected chi connectivity index (χ4v) is 2.88. The lowest BCUT2D eigenvalue weighted by molar-refractivity contribution is -0.137. The van der Waals surface area contributed by atoms with Gasteiger partial charge >= 0.3 is 11.9 Å². The Balaban J connectivity index is 1.78. The summed E-state index contributed by atoms with van der Waals surface area (Å²) in [4.78, 5) is 18.9. The highest BCUT2D eigenvalue weighted by Crippen LogP contribution is 2.32. The molecule has 1 aliphatic rings. The molecular formula is C17H14F3N3O2. The number of nitrogens with one attached hydrogen (secondary N) is 1. The van der Waals surface area contributed by atoms with Crippen LogP contribution in [0.4, 0.5) is 13.2 Å². The van der Waals surface area contributed by atoms with Gasteiger partial charge in [-0.3, -0.25) is 9.55 Å². The molecule has 1 unspecified atom stereocenters. The van der Waals surface area contributed by atoms with Gasteiger partial charge in [-0.25, -0.2) is 9.78 Å². The average Bonchev–Trinajstić information content (AvgIpc) is 2.85. The van der Waals surface area contributed by atoms with E-state index >= 15 is 0 Å². The van der Waals surface area contributed by atoms with Crippen LogP contribution in [0, 0.1) is 0 Å². The van der Waals surface area contributed by atoms with Crippen LogP contribution < -0.4 is 5.69 Å². The van der Waals surface area contributed by atoms with Gasteiger partial charge in [-0.15, -0.1) is 0 Å². The number of fused-ring (bicyclic) bond motifs is 1. The molecule has 1 saturated heterocycles. The van der Waals surface area contributed by atoms with Crippen LogP contribution >= 0.6 is 0 Å². The van der Waals surface area contributed by atoms with Gasteiger partial charge < -0.3 is 4.74 Å². The molecule has 0 radical (unpaired) electrons. The van der Waals surface area contributed by atoms with Crippen LogP contribution in [-0.2, 0) is 17.5 Å². The first-order chi connectivity index (χ1) is 11.9.